The van der Waals surface area contributed by atoms with Crippen LogP contribution < -0.4 is 5.56 Å². The first kappa shape index (κ1) is 15.7. The van der Waals surface area contributed by atoms with Gasteiger partial charge in [0.2, 0.25) is 0 Å². The van der Waals surface area contributed by atoms with Gasteiger partial charge >= 0.3 is 0 Å². The molecule has 0 atom stereocenters. The van der Waals surface area contributed by atoms with Crippen molar-refractivity contribution in [3.05, 3.63) is 86.8 Å². The Labute approximate surface area is 149 Å². The van der Waals surface area contributed by atoms with Crippen LogP contribution in [0.5, 0.6) is 5.75 Å². The van der Waals surface area contributed by atoms with Crippen LogP contribution >= 0.6 is 11.3 Å². The molecule has 0 bridgehead atoms. The summed E-state index contributed by atoms with van der Waals surface area (Å²) in [6.45, 7) is 0. The van der Waals surface area contributed by atoms with Gasteiger partial charge in [-0.25, -0.2) is 0 Å². The number of thiophene rings is 1. The van der Waals surface area contributed by atoms with Crippen LogP contribution in [-0.2, 0) is 13.5 Å². The summed E-state index contributed by atoms with van der Waals surface area (Å²) in [5.74, 6) is 0.0839. The normalized spacial score (nSPS) is 11.1. The molecular formula is C21H17NO2S. The summed E-state index contributed by atoms with van der Waals surface area (Å²) < 4.78 is 1.60. The Bertz CT molecular complexity index is 1090. The molecule has 2 aromatic heterocycles. The Morgan fingerprint density at radius 1 is 1.00 bits per heavy atom. The zero-order chi connectivity index (χ0) is 17.4. The molecule has 0 spiro atoms. The topological polar surface area (TPSA) is 42.2 Å². The minimum absolute atomic E-state index is 0.0839. The lowest BCUT2D eigenvalue weighted by molar-refractivity contribution is 0.473. The van der Waals surface area contributed by atoms with Crippen LogP contribution in [0.1, 0.15) is 11.1 Å². The quantitative estimate of drug-likeness (QED) is 0.590. The van der Waals surface area contributed by atoms with Gasteiger partial charge < -0.3 is 9.67 Å². The van der Waals surface area contributed by atoms with E-state index in [0.29, 0.717) is 17.4 Å². The van der Waals surface area contributed by atoms with Gasteiger partial charge in [0.15, 0.2) is 0 Å². The van der Waals surface area contributed by atoms with Crippen LogP contribution in [0, 0.1) is 0 Å². The highest BCUT2D eigenvalue weighted by molar-refractivity contribution is 7.08. The average molecular weight is 347 g/mol. The van der Waals surface area contributed by atoms with E-state index in [-0.39, 0.29) is 11.3 Å². The molecule has 4 aromatic rings. The number of hydrogen-bond acceptors (Lipinski definition) is 3. The van der Waals surface area contributed by atoms with Crippen molar-refractivity contribution >= 4 is 22.2 Å². The number of benzene rings is 2. The molecule has 4 rings (SSSR count). The van der Waals surface area contributed by atoms with Crippen LogP contribution in [0.2, 0.25) is 0 Å². The molecule has 124 valence electrons. The van der Waals surface area contributed by atoms with Crippen LogP contribution in [0.25, 0.3) is 22.0 Å². The van der Waals surface area contributed by atoms with E-state index >= 15 is 0 Å². The summed E-state index contributed by atoms with van der Waals surface area (Å²) in [6.07, 6.45) is 0.410. The third-order valence-corrected chi connectivity index (χ3v) is 5.24. The molecule has 1 N–H and O–H groups in total. The van der Waals surface area contributed by atoms with Crippen molar-refractivity contribution in [1.29, 1.82) is 0 Å². The monoisotopic (exact) mass is 347 g/mol. The molecule has 2 heterocycles. The summed E-state index contributed by atoms with van der Waals surface area (Å²) in [6, 6.07) is 17.6. The van der Waals surface area contributed by atoms with Crippen LogP contribution in [0.3, 0.4) is 0 Å². The molecule has 0 saturated heterocycles. The number of nitrogens with zero attached hydrogens (tertiary/aromatic N) is 1. The van der Waals surface area contributed by atoms with Gasteiger partial charge in [-0.15, -0.1) is 0 Å². The maximum Gasteiger partial charge on any atom is 0.258 e. The van der Waals surface area contributed by atoms with Crippen molar-refractivity contribution in [2.75, 3.05) is 0 Å². The van der Waals surface area contributed by atoms with E-state index in [9.17, 15) is 9.90 Å². The fraction of sp³-hybridized carbons (Fsp3) is 0.0952. The molecule has 0 aliphatic heterocycles. The largest absolute Gasteiger partial charge is 0.507 e. The van der Waals surface area contributed by atoms with Gasteiger partial charge in [0.05, 0.1) is 11.1 Å². The molecule has 0 fully saturated rings. The molecule has 0 saturated carbocycles. The van der Waals surface area contributed by atoms with Gasteiger partial charge in [-0.05, 0) is 45.6 Å². The first-order valence-corrected chi connectivity index (χ1v) is 9.00. The molecule has 3 nitrogen and oxygen atoms in total. The van der Waals surface area contributed by atoms with E-state index in [2.05, 4.69) is 29.0 Å². The lowest BCUT2D eigenvalue weighted by atomic mass is 10.0. The third-order valence-electron chi connectivity index (χ3n) is 4.56. The predicted octanol–water partition coefficient (Wildman–Crippen LogP) is 4.56. The van der Waals surface area contributed by atoms with E-state index in [1.165, 1.54) is 5.56 Å². The van der Waals surface area contributed by atoms with Crippen molar-refractivity contribution in [3.8, 4) is 16.9 Å². The Balaban J connectivity index is 1.75. The first-order chi connectivity index (χ1) is 12.1. The lowest BCUT2D eigenvalue weighted by Gasteiger charge is -2.12. The Kier molecular flexibility index (Phi) is 3.90. The maximum atomic E-state index is 12.7. The number of pyridine rings is 1. The summed E-state index contributed by atoms with van der Waals surface area (Å²) in [5.41, 5.74) is 4.37. The number of aromatic nitrogens is 1. The van der Waals surface area contributed by atoms with Crippen molar-refractivity contribution in [2.24, 2.45) is 7.05 Å². The third kappa shape index (κ3) is 2.75. The van der Waals surface area contributed by atoms with Gasteiger partial charge in [-0.3, -0.25) is 4.79 Å². The van der Waals surface area contributed by atoms with Crippen molar-refractivity contribution < 1.29 is 5.11 Å². The Hall–Kier alpha value is -2.85. The standard InChI is InChI=1S/C21H17NO2S/c1-22-19-5-3-2-4-17(19)20(23)18(21(22)24)12-14-6-8-15(9-7-14)16-10-11-25-13-16/h2-11,13,23H,12H2,1H3. The van der Waals surface area contributed by atoms with E-state index < -0.39 is 0 Å². The molecular weight excluding hydrogens is 330 g/mol. The molecule has 0 radical (unpaired) electrons. The predicted molar refractivity (Wildman–Crippen MR) is 103 cm³/mol. The highest BCUT2D eigenvalue weighted by atomic mass is 32.1. The van der Waals surface area contributed by atoms with E-state index in [1.807, 2.05) is 36.4 Å². The summed E-state index contributed by atoms with van der Waals surface area (Å²) in [7, 11) is 1.74. The fourth-order valence-electron chi connectivity index (χ4n) is 3.15. The highest BCUT2D eigenvalue weighted by Gasteiger charge is 2.14. The minimum Gasteiger partial charge on any atom is -0.507 e. The molecule has 25 heavy (non-hydrogen) atoms. The molecule has 2 aromatic carbocycles. The van der Waals surface area contributed by atoms with E-state index in [4.69, 9.17) is 0 Å². The van der Waals surface area contributed by atoms with Gasteiger partial charge in [0.25, 0.3) is 5.56 Å². The summed E-state index contributed by atoms with van der Waals surface area (Å²) in [4.78, 5) is 12.7. The highest BCUT2D eigenvalue weighted by Crippen LogP contribution is 2.28. The smallest absolute Gasteiger partial charge is 0.258 e. The van der Waals surface area contributed by atoms with Crippen LogP contribution in [-0.4, -0.2) is 9.67 Å². The fourth-order valence-corrected chi connectivity index (χ4v) is 3.81. The minimum atomic E-state index is -0.155. The summed E-state index contributed by atoms with van der Waals surface area (Å²) >= 11 is 1.67. The number of fused-ring (bicyclic) bond motifs is 1. The zero-order valence-electron chi connectivity index (χ0n) is 13.8. The lowest BCUT2D eigenvalue weighted by Crippen LogP contribution is -2.21. The van der Waals surface area contributed by atoms with Crippen LogP contribution in [0.4, 0.5) is 0 Å². The second kappa shape index (κ2) is 6.22. The molecule has 0 amide bonds. The average Bonchev–Trinajstić information content (AvgIpc) is 3.19. The first-order valence-electron chi connectivity index (χ1n) is 8.06. The van der Waals surface area contributed by atoms with E-state index in [1.54, 1.807) is 23.0 Å². The summed E-state index contributed by atoms with van der Waals surface area (Å²) in [5, 5.41) is 15.5. The van der Waals surface area contributed by atoms with Gasteiger partial charge in [0, 0.05) is 18.9 Å². The van der Waals surface area contributed by atoms with Crippen molar-refractivity contribution in [1.82, 2.24) is 4.57 Å². The maximum absolute atomic E-state index is 12.7. The second-order valence-electron chi connectivity index (χ2n) is 6.09. The second-order valence-corrected chi connectivity index (χ2v) is 6.87. The zero-order valence-corrected chi connectivity index (χ0v) is 14.6. The molecule has 0 aliphatic rings. The number of aromatic hydroxyl groups is 1. The van der Waals surface area contributed by atoms with Gasteiger partial charge in [-0.2, -0.15) is 11.3 Å². The number of aryl methyl sites for hydroxylation is 1. The number of rotatable bonds is 3. The van der Waals surface area contributed by atoms with Crippen molar-refractivity contribution in [3.63, 3.8) is 0 Å². The van der Waals surface area contributed by atoms with Crippen LogP contribution in [0.15, 0.2) is 70.2 Å². The van der Waals surface area contributed by atoms with Gasteiger partial charge in [-0.1, -0.05) is 36.4 Å². The van der Waals surface area contributed by atoms with E-state index in [0.717, 1.165) is 16.6 Å². The van der Waals surface area contributed by atoms with Gasteiger partial charge in [0.1, 0.15) is 5.75 Å². The molecule has 0 aliphatic carbocycles. The Morgan fingerprint density at radius 2 is 1.76 bits per heavy atom. The SMILES string of the molecule is Cn1c(=O)c(Cc2ccc(-c3ccsc3)cc2)c(O)c2ccccc21. The molecule has 0 unspecified atom stereocenters. The van der Waals surface area contributed by atoms with Crippen molar-refractivity contribution in [2.45, 2.75) is 6.42 Å². The number of para-hydroxylation sites is 1. The number of hydrogen-bond donors (Lipinski definition) is 1. The molecule has 4 heteroatoms. The Morgan fingerprint density at radius 3 is 2.48 bits per heavy atom.